The molecule has 0 aliphatic carbocycles. The molecular weight excluding hydrogens is 260 g/mol. The molecule has 0 bridgehead atoms. The molecular formula is C18H30N2O. The standard InChI is InChI=1S/C18H30N2O/c1-18(2,3)16-8-6-15(7-9-16)17-14-19-10-12-20(17)11-4-5-13-21/h6-9,17,19,21H,4-5,10-14H2,1-3H3. The number of hydrogen-bond acceptors (Lipinski definition) is 3. The van der Waals surface area contributed by atoms with Gasteiger partial charge >= 0.3 is 0 Å². The van der Waals surface area contributed by atoms with Gasteiger partial charge in [-0.3, -0.25) is 4.90 Å². The Morgan fingerprint density at radius 2 is 1.90 bits per heavy atom. The molecule has 3 nitrogen and oxygen atoms in total. The Hall–Kier alpha value is -0.900. The van der Waals surface area contributed by atoms with Crippen molar-refractivity contribution in [2.75, 3.05) is 32.8 Å². The van der Waals surface area contributed by atoms with Crippen LogP contribution in [0.15, 0.2) is 24.3 Å². The van der Waals surface area contributed by atoms with Gasteiger partial charge in [-0.2, -0.15) is 0 Å². The van der Waals surface area contributed by atoms with Crippen molar-refractivity contribution in [1.29, 1.82) is 0 Å². The van der Waals surface area contributed by atoms with Gasteiger partial charge < -0.3 is 10.4 Å². The lowest BCUT2D eigenvalue weighted by molar-refractivity contribution is 0.154. The third-order valence-corrected chi connectivity index (χ3v) is 4.37. The van der Waals surface area contributed by atoms with Gasteiger partial charge in [0.15, 0.2) is 0 Å². The summed E-state index contributed by atoms with van der Waals surface area (Å²) in [7, 11) is 0. The Morgan fingerprint density at radius 3 is 2.52 bits per heavy atom. The summed E-state index contributed by atoms with van der Waals surface area (Å²) in [6.45, 7) is 11.3. The van der Waals surface area contributed by atoms with E-state index in [9.17, 15) is 0 Å². The molecule has 1 aliphatic heterocycles. The van der Waals surface area contributed by atoms with E-state index in [-0.39, 0.29) is 5.41 Å². The summed E-state index contributed by atoms with van der Waals surface area (Å²) in [5.74, 6) is 0. The molecule has 3 heteroatoms. The summed E-state index contributed by atoms with van der Waals surface area (Å²) in [6.07, 6.45) is 1.98. The SMILES string of the molecule is CC(C)(C)c1ccc(C2CNCCN2CCCCO)cc1. The van der Waals surface area contributed by atoms with Crippen molar-refractivity contribution in [3.63, 3.8) is 0 Å². The minimum Gasteiger partial charge on any atom is -0.396 e. The monoisotopic (exact) mass is 290 g/mol. The van der Waals surface area contributed by atoms with Gasteiger partial charge in [-0.05, 0) is 35.9 Å². The van der Waals surface area contributed by atoms with Gasteiger partial charge in [0.1, 0.15) is 0 Å². The number of rotatable bonds is 5. The number of benzene rings is 1. The fourth-order valence-corrected chi connectivity index (χ4v) is 2.97. The van der Waals surface area contributed by atoms with Crippen LogP contribution in [0, 0.1) is 0 Å². The zero-order valence-corrected chi connectivity index (χ0v) is 13.7. The molecule has 0 saturated carbocycles. The number of nitrogens with zero attached hydrogens (tertiary/aromatic N) is 1. The Labute approximate surface area is 129 Å². The summed E-state index contributed by atoms with van der Waals surface area (Å²) in [6, 6.07) is 9.59. The second-order valence-electron chi connectivity index (χ2n) is 7.06. The Kier molecular flexibility index (Phi) is 5.80. The van der Waals surface area contributed by atoms with E-state index in [0.29, 0.717) is 12.6 Å². The Morgan fingerprint density at radius 1 is 1.19 bits per heavy atom. The van der Waals surface area contributed by atoms with Crippen molar-refractivity contribution < 1.29 is 5.11 Å². The lowest BCUT2D eigenvalue weighted by Crippen LogP contribution is -2.46. The molecule has 1 heterocycles. The number of hydrogen-bond donors (Lipinski definition) is 2. The van der Waals surface area contributed by atoms with Crippen LogP contribution in [-0.2, 0) is 5.41 Å². The average molecular weight is 290 g/mol. The average Bonchev–Trinajstić information content (AvgIpc) is 2.47. The summed E-state index contributed by atoms with van der Waals surface area (Å²) < 4.78 is 0. The maximum atomic E-state index is 8.95. The first kappa shape index (κ1) is 16.5. The molecule has 1 saturated heterocycles. The largest absolute Gasteiger partial charge is 0.396 e. The maximum Gasteiger partial charge on any atom is 0.0473 e. The van der Waals surface area contributed by atoms with Crippen LogP contribution in [0.5, 0.6) is 0 Å². The van der Waals surface area contributed by atoms with Gasteiger partial charge in [-0.25, -0.2) is 0 Å². The number of piperazine rings is 1. The lowest BCUT2D eigenvalue weighted by Gasteiger charge is -2.36. The van der Waals surface area contributed by atoms with Crippen molar-refractivity contribution in [3.8, 4) is 0 Å². The molecule has 1 unspecified atom stereocenters. The van der Waals surface area contributed by atoms with Crippen LogP contribution in [0.4, 0.5) is 0 Å². The highest BCUT2D eigenvalue weighted by molar-refractivity contribution is 5.29. The molecule has 1 aliphatic rings. The van der Waals surface area contributed by atoms with E-state index in [2.05, 4.69) is 55.3 Å². The summed E-state index contributed by atoms with van der Waals surface area (Å²) >= 11 is 0. The Bertz CT molecular complexity index is 422. The van der Waals surface area contributed by atoms with Crippen LogP contribution in [0.1, 0.15) is 50.8 Å². The topological polar surface area (TPSA) is 35.5 Å². The number of unbranched alkanes of at least 4 members (excludes halogenated alkanes) is 1. The predicted octanol–water partition coefficient (Wildman–Crippen LogP) is 2.70. The summed E-state index contributed by atoms with van der Waals surface area (Å²) in [4.78, 5) is 2.55. The molecule has 2 rings (SSSR count). The molecule has 118 valence electrons. The van der Waals surface area contributed by atoms with E-state index in [1.165, 1.54) is 11.1 Å². The van der Waals surface area contributed by atoms with Crippen LogP contribution < -0.4 is 5.32 Å². The van der Waals surface area contributed by atoms with E-state index >= 15 is 0 Å². The second-order valence-corrected chi connectivity index (χ2v) is 7.06. The molecule has 1 aromatic carbocycles. The fourth-order valence-electron chi connectivity index (χ4n) is 2.97. The summed E-state index contributed by atoms with van der Waals surface area (Å²) in [5, 5.41) is 12.5. The third-order valence-electron chi connectivity index (χ3n) is 4.37. The minimum absolute atomic E-state index is 0.212. The lowest BCUT2D eigenvalue weighted by atomic mass is 9.86. The number of nitrogens with one attached hydrogen (secondary N) is 1. The van der Waals surface area contributed by atoms with Gasteiger partial charge in [0.05, 0.1) is 0 Å². The van der Waals surface area contributed by atoms with Crippen molar-refractivity contribution in [2.24, 2.45) is 0 Å². The highest BCUT2D eigenvalue weighted by atomic mass is 16.2. The first-order valence-electron chi connectivity index (χ1n) is 8.18. The number of aliphatic hydroxyl groups excluding tert-OH is 1. The molecule has 0 spiro atoms. The normalized spacial score (nSPS) is 20.7. The van der Waals surface area contributed by atoms with Gasteiger partial charge in [0.25, 0.3) is 0 Å². The molecule has 0 amide bonds. The highest BCUT2D eigenvalue weighted by Gasteiger charge is 2.23. The van der Waals surface area contributed by atoms with E-state index in [1.54, 1.807) is 0 Å². The highest BCUT2D eigenvalue weighted by Crippen LogP contribution is 2.27. The second kappa shape index (κ2) is 7.39. The van der Waals surface area contributed by atoms with Crippen molar-refractivity contribution in [1.82, 2.24) is 10.2 Å². The van der Waals surface area contributed by atoms with Crippen LogP contribution >= 0.6 is 0 Å². The molecule has 2 N–H and O–H groups in total. The van der Waals surface area contributed by atoms with E-state index < -0.39 is 0 Å². The van der Waals surface area contributed by atoms with Gasteiger partial charge in [-0.1, -0.05) is 45.0 Å². The van der Waals surface area contributed by atoms with Crippen LogP contribution in [-0.4, -0.2) is 42.8 Å². The summed E-state index contributed by atoms with van der Waals surface area (Å²) in [5.41, 5.74) is 3.01. The fraction of sp³-hybridized carbons (Fsp3) is 0.667. The first-order valence-corrected chi connectivity index (χ1v) is 8.18. The van der Waals surface area contributed by atoms with Crippen LogP contribution in [0.25, 0.3) is 0 Å². The predicted molar refractivity (Wildman–Crippen MR) is 88.6 cm³/mol. The van der Waals surface area contributed by atoms with Gasteiger partial charge in [-0.15, -0.1) is 0 Å². The van der Waals surface area contributed by atoms with E-state index in [1.807, 2.05) is 0 Å². The molecule has 1 atom stereocenters. The molecule has 1 fully saturated rings. The van der Waals surface area contributed by atoms with Gasteiger partial charge in [0.2, 0.25) is 0 Å². The first-order chi connectivity index (χ1) is 10.0. The van der Waals surface area contributed by atoms with Crippen LogP contribution in [0.3, 0.4) is 0 Å². The Balaban J connectivity index is 2.06. The molecule has 0 aromatic heterocycles. The zero-order valence-electron chi connectivity index (χ0n) is 13.7. The van der Waals surface area contributed by atoms with Crippen molar-refractivity contribution in [2.45, 2.75) is 45.1 Å². The van der Waals surface area contributed by atoms with Crippen LogP contribution in [0.2, 0.25) is 0 Å². The minimum atomic E-state index is 0.212. The molecule has 21 heavy (non-hydrogen) atoms. The molecule has 0 radical (unpaired) electrons. The van der Waals surface area contributed by atoms with Gasteiger partial charge in [0, 0.05) is 32.3 Å². The van der Waals surface area contributed by atoms with E-state index in [0.717, 1.165) is 39.0 Å². The van der Waals surface area contributed by atoms with Crippen molar-refractivity contribution in [3.05, 3.63) is 35.4 Å². The van der Waals surface area contributed by atoms with Crippen molar-refractivity contribution >= 4 is 0 Å². The smallest absolute Gasteiger partial charge is 0.0473 e. The number of aliphatic hydroxyl groups is 1. The van der Waals surface area contributed by atoms with E-state index in [4.69, 9.17) is 5.11 Å². The molecule has 1 aromatic rings. The maximum absolute atomic E-state index is 8.95. The quantitative estimate of drug-likeness (QED) is 0.819. The zero-order chi connectivity index (χ0) is 15.3. The third kappa shape index (κ3) is 4.53.